The van der Waals surface area contributed by atoms with E-state index in [1.807, 2.05) is 12.4 Å². The molecule has 2 aromatic rings. The molecular weight excluding hydrogens is 258 g/mol. The Morgan fingerprint density at radius 2 is 1.86 bits per heavy atom. The van der Waals surface area contributed by atoms with E-state index in [-0.39, 0.29) is 11.5 Å². The van der Waals surface area contributed by atoms with Gasteiger partial charge >= 0.3 is 0 Å². The van der Waals surface area contributed by atoms with Gasteiger partial charge in [0.05, 0.1) is 0 Å². The molecule has 0 spiro atoms. The Hall–Kier alpha value is -1.61. The maximum absolute atomic E-state index is 6.36. The van der Waals surface area contributed by atoms with Crippen LogP contribution in [0.3, 0.4) is 0 Å². The van der Waals surface area contributed by atoms with Crippen molar-refractivity contribution in [1.82, 2.24) is 9.55 Å². The van der Waals surface area contributed by atoms with Crippen LogP contribution in [-0.2, 0) is 18.4 Å². The van der Waals surface area contributed by atoms with E-state index in [9.17, 15) is 0 Å². The average molecular weight is 285 g/mol. The molecule has 3 heteroatoms. The van der Waals surface area contributed by atoms with Gasteiger partial charge in [-0.25, -0.2) is 4.98 Å². The lowest BCUT2D eigenvalue weighted by molar-refractivity contribution is 0.586. The number of rotatable bonds is 5. The Kier molecular flexibility index (Phi) is 4.84. The number of benzene rings is 1. The lowest BCUT2D eigenvalue weighted by Crippen LogP contribution is -2.17. The number of hydrogen-bond acceptors (Lipinski definition) is 2. The van der Waals surface area contributed by atoms with Crippen LogP contribution in [0.15, 0.2) is 36.7 Å². The number of nitrogens with two attached hydrogens (primary N) is 1. The summed E-state index contributed by atoms with van der Waals surface area (Å²) in [6.45, 7) is 9.86. The first-order valence-electron chi connectivity index (χ1n) is 7.78. The summed E-state index contributed by atoms with van der Waals surface area (Å²) in [4.78, 5) is 4.44. The van der Waals surface area contributed by atoms with Gasteiger partial charge in [0.1, 0.15) is 5.82 Å². The molecule has 0 aliphatic rings. The molecule has 2 N–H and O–H groups in total. The molecule has 114 valence electrons. The number of aryl methyl sites for hydroxylation is 1. The van der Waals surface area contributed by atoms with Crippen molar-refractivity contribution >= 4 is 0 Å². The van der Waals surface area contributed by atoms with Crippen LogP contribution in [0.1, 0.15) is 57.1 Å². The van der Waals surface area contributed by atoms with Crippen molar-refractivity contribution in [2.45, 2.75) is 58.5 Å². The molecule has 1 unspecified atom stereocenters. The zero-order valence-electron chi connectivity index (χ0n) is 13.6. The summed E-state index contributed by atoms with van der Waals surface area (Å²) in [6, 6.07) is 8.68. The van der Waals surface area contributed by atoms with Gasteiger partial charge in [-0.1, -0.05) is 52.0 Å². The number of imidazole rings is 1. The highest BCUT2D eigenvalue weighted by Gasteiger charge is 2.15. The summed E-state index contributed by atoms with van der Waals surface area (Å²) in [6.07, 6.45) is 5.79. The molecule has 21 heavy (non-hydrogen) atoms. The lowest BCUT2D eigenvalue weighted by atomic mass is 9.86. The predicted octanol–water partition coefficient (Wildman–Crippen LogP) is 3.83. The van der Waals surface area contributed by atoms with Gasteiger partial charge in [-0.05, 0) is 23.0 Å². The second kappa shape index (κ2) is 6.44. The van der Waals surface area contributed by atoms with Crippen molar-refractivity contribution in [3.63, 3.8) is 0 Å². The van der Waals surface area contributed by atoms with Crippen LogP contribution in [0.5, 0.6) is 0 Å². The Morgan fingerprint density at radius 3 is 2.43 bits per heavy atom. The third-order valence-electron chi connectivity index (χ3n) is 3.87. The van der Waals surface area contributed by atoms with Gasteiger partial charge in [0.25, 0.3) is 0 Å². The third kappa shape index (κ3) is 3.94. The van der Waals surface area contributed by atoms with Gasteiger partial charge in [-0.2, -0.15) is 0 Å². The first kappa shape index (κ1) is 15.8. The van der Waals surface area contributed by atoms with Crippen molar-refractivity contribution in [3.05, 3.63) is 53.6 Å². The summed E-state index contributed by atoms with van der Waals surface area (Å²) in [5.41, 5.74) is 9.05. The fourth-order valence-electron chi connectivity index (χ4n) is 2.52. The smallest absolute Gasteiger partial charge is 0.110 e. The molecule has 0 bridgehead atoms. The van der Waals surface area contributed by atoms with E-state index in [1.165, 1.54) is 11.1 Å². The van der Waals surface area contributed by atoms with Gasteiger partial charge in [0, 0.05) is 31.4 Å². The lowest BCUT2D eigenvalue weighted by Gasteiger charge is -2.20. The van der Waals surface area contributed by atoms with Crippen LogP contribution in [0.25, 0.3) is 0 Å². The Balaban J connectivity index is 2.09. The molecule has 1 heterocycles. The van der Waals surface area contributed by atoms with Crippen molar-refractivity contribution in [2.24, 2.45) is 5.73 Å². The Labute approximate surface area is 128 Å². The van der Waals surface area contributed by atoms with Gasteiger partial charge in [0.15, 0.2) is 0 Å². The van der Waals surface area contributed by atoms with Crippen molar-refractivity contribution in [2.75, 3.05) is 0 Å². The number of nitrogens with zero attached hydrogens (tertiary/aromatic N) is 2. The molecule has 0 aliphatic heterocycles. The topological polar surface area (TPSA) is 43.8 Å². The standard InChI is InChI=1S/C18H27N3/c1-5-11-21-12-10-20-17(21)13-16(19)14-6-8-15(9-7-14)18(2,3)4/h6-10,12,16H,5,11,13,19H2,1-4H3. The highest BCUT2D eigenvalue weighted by atomic mass is 15.1. The minimum atomic E-state index is -0.00276. The molecule has 0 amide bonds. The van der Waals surface area contributed by atoms with E-state index in [0.29, 0.717) is 0 Å². The van der Waals surface area contributed by atoms with Crippen LogP contribution in [0.4, 0.5) is 0 Å². The van der Waals surface area contributed by atoms with Crippen LogP contribution in [0.2, 0.25) is 0 Å². The summed E-state index contributed by atoms with van der Waals surface area (Å²) in [5.74, 6) is 1.07. The average Bonchev–Trinajstić information content (AvgIpc) is 2.86. The van der Waals surface area contributed by atoms with Crippen LogP contribution < -0.4 is 5.73 Å². The monoisotopic (exact) mass is 285 g/mol. The van der Waals surface area contributed by atoms with Gasteiger partial charge < -0.3 is 10.3 Å². The van der Waals surface area contributed by atoms with Crippen LogP contribution in [-0.4, -0.2) is 9.55 Å². The molecule has 0 saturated carbocycles. The second-order valence-electron chi connectivity index (χ2n) is 6.72. The molecule has 0 saturated heterocycles. The fraction of sp³-hybridized carbons (Fsp3) is 0.500. The normalized spacial score (nSPS) is 13.4. The van der Waals surface area contributed by atoms with E-state index >= 15 is 0 Å². The molecule has 1 aromatic heterocycles. The molecule has 1 aromatic carbocycles. The van der Waals surface area contributed by atoms with Gasteiger partial charge in [0.2, 0.25) is 0 Å². The van der Waals surface area contributed by atoms with E-state index in [2.05, 4.69) is 61.5 Å². The maximum Gasteiger partial charge on any atom is 0.110 e. The van der Waals surface area contributed by atoms with Crippen molar-refractivity contribution < 1.29 is 0 Å². The summed E-state index contributed by atoms with van der Waals surface area (Å²) in [5, 5.41) is 0. The molecule has 0 fully saturated rings. The van der Waals surface area contributed by atoms with E-state index in [1.54, 1.807) is 0 Å². The van der Waals surface area contributed by atoms with Crippen LogP contribution >= 0.6 is 0 Å². The highest BCUT2D eigenvalue weighted by molar-refractivity contribution is 5.29. The molecule has 1 atom stereocenters. The van der Waals surface area contributed by atoms with Crippen molar-refractivity contribution in [1.29, 1.82) is 0 Å². The number of hydrogen-bond donors (Lipinski definition) is 1. The summed E-state index contributed by atoms with van der Waals surface area (Å²) in [7, 11) is 0. The summed E-state index contributed by atoms with van der Waals surface area (Å²) >= 11 is 0. The molecule has 3 nitrogen and oxygen atoms in total. The van der Waals surface area contributed by atoms with Gasteiger partial charge in [-0.3, -0.25) is 0 Å². The fourth-order valence-corrected chi connectivity index (χ4v) is 2.52. The molecular formula is C18H27N3. The Morgan fingerprint density at radius 1 is 1.19 bits per heavy atom. The van der Waals surface area contributed by atoms with E-state index in [0.717, 1.165) is 25.2 Å². The van der Waals surface area contributed by atoms with Crippen molar-refractivity contribution in [3.8, 4) is 0 Å². The third-order valence-corrected chi connectivity index (χ3v) is 3.87. The van der Waals surface area contributed by atoms with Gasteiger partial charge in [-0.15, -0.1) is 0 Å². The largest absolute Gasteiger partial charge is 0.335 e. The minimum Gasteiger partial charge on any atom is -0.335 e. The van der Waals surface area contributed by atoms with Crippen LogP contribution in [0, 0.1) is 0 Å². The zero-order valence-corrected chi connectivity index (χ0v) is 13.6. The highest BCUT2D eigenvalue weighted by Crippen LogP contribution is 2.24. The Bertz CT molecular complexity index is 561. The quantitative estimate of drug-likeness (QED) is 0.907. The zero-order chi connectivity index (χ0) is 15.5. The van der Waals surface area contributed by atoms with E-state index < -0.39 is 0 Å². The minimum absolute atomic E-state index is 0.00276. The molecule has 2 rings (SSSR count). The first-order valence-corrected chi connectivity index (χ1v) is 7.78. The van der Waals surface area contributed by atoms with E-state index in [4.69, 9.17) is 5.73 Å². The second-order valence-corrected chi connectivity index (χ2v) is 6.72. The molecule has 0 aliphatic carbocycles. The maximum atomic E-state index is 6.36. The number of aromatic nitrogens is 2. The predicted molar refractivity (Wildman–Crippen MR) is 88.3 cm³/mol. The summed E-state index contributed by atoms with van der Waals surface area (Å²) < 4.78 is 2.20. The first-order chi connectivity index (χ1) is 9.91. The SMILES string of the molecule is CCCn1ccnc1CC(N)c1ccc(C(C)(C)C)cc1. The molecule has 0 radical (unpaired) electrons.